The zero-order valence-electron chi connectivity index (χ0n) is 13.9. The summed E-state index contributed by atoms with van der Waals surface area (Å²) in [6, 6.07) is 18.4. The molecule has 2 aromatic carbocycles. The number of β-amino-alcohol motifs (C(OH)–C–C–N with tert-alkyl or cyclic N) is 1. The normalized spacial score (nSPS) is 20.6. The van der Waals surface area contributed by atoms with Crippen LogP contribution >= 0.6 is 0 Å². The van der Waals surface area contributed by atoms with Crippen LogP contribution in [0.3, 0.4) is 0 Å². The Hall–Kier alpha value is -2.68. The average Bonchev–Trinajstić information content (AvgIpc) is 2.65. The van der Waals surface area contributed by atoms with Crippen molar-refractivity contribution in [2.24, 2.45) is 0 Å². The van der Waals surface area contributed by atoms with Gasteiger partial charge in [0.05, 0.1) is 23.8 Å². The number of benzene rings is 2. The third-order valence-corrected chi connectivity index (χ3v) is 4.48. The fourth-order valence-electron chi connectivity index (χ4n) is 3.15. The predicted octanol–water partition coefficient (Wildman–Crippen LogP) is 1.92. The number of rotatable bonds is 4. The van der Waals surface area contributed by atoms with E-state index in [1.165, 1.54) is 0 Å². The topological polar surface area (TPSA) is 76.4 Å². The molecule has 1 amide bonds. The zero-order valence-corrected chi connectivity index (χ0v) is 13.9. The Balaban J connectivity index is 1.55. The number of carbonyl (C=O) groups is 1. The molecule has 5 heteroatoms. The van der Waals surface area contributed by atoms with Crippen molar-refractivity contribution in [2.45, 2.75) is 25.1 Å². The van der Waals surface area contributed by atoms with E-state index in [-0.39, 0.29) is 11.9 Å². The fourth-order valence-corrected chi connectivity index (χ4v) is 3.15. The summed E-state index contributed by atoms with van der Waals surface area (Å²) < 4.78 is 0. The molecule has 1 fully saturated rings. The van der Waals surface area contributed by atoms with Crippen molar-refractivity contribution in [3.8, 4) is 6.07 Å². The highest BCUT2D eigenvalue weighted by Gasteiger charge is 2.29. The third kappa shape index (κ3) is 4.44. The first kappa shape index (κ1) is 17.2. The lowest BCUT2D eigenvalue weighted by atomic mass is 10.0. The Morgan fingerprint density at radius 1 is 1.24 bits per heavy atom. The number of piperidine rings is 1. The molecule has 0 spiro atoms. The number of likely N-dealkylation sites (tertiary alicyclic amines) is 1. The predicted molar refractivity (Wildman–Crippen MR) is 94.8 cm³/mol. The molecule has 2 N–H and O–H groups in total. The van der Waals surface area contributed by atoms with Crippen LogP contribution in [0.5, 0.6) is 0 Å². The van der Waals surface area contributed by atoms with Crippen LogP contribution in [-0.2, 0) is 6.54 Å². The maximum Gasteiger partial charge on any atom is 0.251 e. The van der Waals surface area contributed by atoms with E-state index in [0.717, 1.165) is 12.1 Å². The monoisotopic (exact) mass is 335 g/mol. The first-order chi connectivity index (χ1) is 12.2. The Bertz CT molecular complexity index is 770. The van der Waals surface area contributed by atoms with Gasteiger partial charge in [-0.05, 0) is 36.2 Å². The fraction of sp³-hybridized carbons (Fsp3) is 0.300. The van der Waals surface area contributed by atoms with Crippen LogP contribution in [0.4, 0.5) is 0 Å². The average molecular weight is 335 g/mol. The minimum absolute atomic E-state index is 0.153. The molecule has 5 nitrogen and oxygen atoms in total. The molecule has 0 aliphatic carbocycles. The van der Waals surface area contributed by atoms with Crippen LogP contribution in [0, 0.1) is 11.3 Å². The Morgan fingerprint density at radius 2 is 2.04 bits per heavy atom. The summed E-state index contributed by atoms with van der Waals surface area (Å²) >= 11 is 0. The molecule has 1 saturated heterocycles. The van der Waals surface area contributed by atoms with Crippen LogP contribution in [0.15, 0.2) is 54.6 Å². The molecule has 25 heavy (non-hydrogen) atoms. The van der Waals surface area contributed by atoms with E-state index in [1.807, 2.05) is 36.4 Å². The van der Waals surface area contributed by atoms with Gasteiger partial charge in [0.25, 0.3) is 5.91 Å². The number of nitriles is 1. The van der Waals surface area contributed by atoms with Gasteiger partial charge in [0, 0.05) is 25.2 Å². The Labute approximate surface area is 147 Å². The first-order valence-electron chi connectivity index (χ1n) is 8.41. The SMILES string of the molecule is N#Cc1cccc(CN2CC[C@@H](NC(=O)c3ccccc3)[C@H](O)C2)c1. The summed E-state index contributed by atoms with van der Waals surface area (Å²) in [6.45, 7) is 1.97. The standard InChI is InChI=1S/C20H21N3O2/c21-12-15-5-4-6-16(11-15)13-23-10-9-18(19(24)14-23)22-20(25)17-7-2-1-3-8-17/h1-8,11,18-19,24H,9-10,13-14H2,(H,22,25)/t18-,19-/m1/s1. The van der Waals surface area contributed by atoms with Crippen LogP contribution < -0.4 is 5.32 Å². The summed E-state index contributed by atoms with van der Waals surface area (Å²) in [6.07, 6.45) is 0.0816. The third-order valence-electron chi connectivity index (χ3n) is 4.48. The summed E-state index contributed by atoms with van der Waals surface area (Å²) in [7, 11) is 0. The molecule has 128 valence electrons. The summed E-state index contributed by atoms with van der Waals surface area (Å²) in [5.41, 5.74) is 2.30. The molecule has 2 aromatic rings. The highest BCUT2D eigenvalue weighted by molar-refractivity contribution is 5.94. The smallest absolute Gasteiger partial charge is 0.251 e. The Morgan fingerprint density at radius 3 is 2.76 bits per heavy atom. The quantitative estimate of drug-likeness (QED) is 0.895. The zero-order chi connectivity index (χ0) is 17.6. The number of nitrogens with zero attached hydrogens (tertiary/aromatic N) is 2. The second kappa shape index (κ2) is 7.93. The minimum atomic E-state index is -0.611. The number of nitrogens with one attached hydrogen (secondary N) is 1. The Kier molecular flexibility index (Phi) is 5.44. The van der Waals surface area contributed by atoms with E-state index in [1.54, 1.807) is 18.2 Å². The van der Waals surface area contributed by atoms with Crippen molar-refractivity contribution in [1.29, 1.82) is 5.26 Å². The molecule has 1 aliphatic heterocycles. The van der Waals surface area contributed by atoms with Gasteiger partial charge in [0.1, 0.15) is 0 Å². The minimum Gasteiger partial charge on any atom is -0.390 e. The number of aliphatic hydroxyl groups is 1. The van der Waals surface area contributed by atoms with Crippen LogP contribution in [0.1, 0.15) is 27.9 Å². The van der Waals surface area contributed by atoms with Crippen LogP contribution in [0.2, 0.25) is 0 Å². The maximum atomic E-state index is 12.2. The summed E-state index contributed by atoms with van der Waals surface area (Å²) in [5.74, 6) is -0.153. The molecule has 2 atom stereocenters. The van der Waals surface area contributed by atoms with Crippen molar-refractivity contribution in [2.75, 3.05) is 13.1 Å². The van der Waals surface area contributed by atoms with Crippen LogP contribution in [0.25, 0.3) is 0 Å². The molecular weight excluding hydrogens is 314 g/mol. The highest BCUT2D eigenvalue weighted by atomic mass is 16.3. The van der Waals surface area contributed by atoms with Crippen molar-refractivity contribution in [1.82, 2.24) is 10.2 Å². The number of aliphatic hydroxyl groups excluding tert-OH is 1. The largest absolute Gasteiger partial charge is 0.390 e. The molecular formula is C20H21N3O2. The van der Waals surface area contributed by atoms with Crippen molar-refractivity contribution in [3.05, 3.63) is 71.3 Å². The number of hydrogen-bond donors (Lipinski definition) is 2. The highest BCUT2D eigenvalue weighted by Crippen LogP contribution is 2.16. The van der Waals surface area contributed by atoms with Gasteiger partial charge in [-0.15, -0.1) is 0 Å². The van der Waals surface area contributed by atoms with Crippen molar-refractivity contribution < 1.29 is 9.90 Å². The van der Waals surface area contributed by atoms with Gasteiger partial charge in [-0.25, -0.2) is 0 Å². The van der Waals surface area contributed by atoms with E-state index < -0.39 is 6.10 Å². The van der Waals surface area contributed by atoms with Gasteiger partial charge in [-0.1, -0.05) is 30.3 Å². The van der Waals surface area contributed by atoms with E-state index in [2.05, 4.69) is 16.3 Å². The number of carbonyl (C=O) groups excluding carboxylic acids is 1. The lowest BCUT2D eigenvalue weighted by Crippen LogP contribution is -2.53. The van der Waals surface area contributed by atoms with Crippen molar-refractivity contribution in [3.63, 3.8) is 0 Å². The number of amides is 1. The van der Waals surface area contributed by atoms with Crippen molar-refractivity contribution >= 4 is 5.91 Å². The number of hydrogen-bond acceptors (Lipinski definition) is 4. The molecule has 1 heterocycles. The molecule has 3 rings (SSSR count). The van der Waals surface area contributed by atoms with E-state index in [9.17, 15) is 9.90 Å². The second-order valence-electron chi connectivity index (χ2n) is 6.35. The summed E-state index contributed by atoms with van der Waals surface area (Å²) in [5, 5.41) is 22.3. The molecule has 0 saturated carbocycles. The lowest BCUT2D eigenvalue weighted by Gasteiger charge is -2.36. The van der Waals surface area contributed by atoms with Gasteiger partial charge in [-0.3, -0.25) is 9.69 Å². The van der Waals surface area contributed by atoms with E-state index >= 15 is 0 Å². The molecule has 0 radical (unpaired) electrons. The first-order valence-corrected chi connectivity index (χ1v) is 8.41. The second-order valence-corrected chi connectivity index (χ2v) is 6.35. The van der Waals surface area contributed by atoms with Gasteiger partial charge < -0.3 is 10.4 Å². The van der Waals surface area contributed by atoms with Gasteiger partial charge in [0.2, 0.25) is 0 Å². The lowest BCUT2D eigenvalue weighted by molar-refractivity contribution is 0.0349. The van der Waals surface area contributed by atoms with E-state index in [4.69, 9.17) is 5.26 Å². The van der Waals surface area contributed by atoms with Crippen LogP contribution in [-0.4, -0.2) is 41.1 Å². The molecule has 0 aromatic heterocycles. The molecule has 0 unspecified atom stereocenters. The van der Waals surface area contributed by atoms with Gasteiger partial charge >= 0.3 is 0 Å². The molecule has 1 aliphatic rings. The maximum absolute atomic E-state index is 12.2. The van der Waals surface area contributed by atoms with Gasteiger partial charge in [-0.2, -0.15) is 5.26 Å². The molecule has 0 bridgehead atoms. The summed E-state index contributed by atoms with van der Waals surface area (Å²) in [4.78, 5) is 14.4. The van der Waals surface area contributed by atoms with E-state index in [0.29, 0.717) is 30.6 Å². The van der Waals surface area contributed by atoms with Gasteiger partial charge in [0.15, 0.2) is 0 Å².